The van der Waals surface area contributed by atoms with E-state index in [1.54, 1.807) is 30.3 Å². The average molecular weight is 690 g/mol. The smallest absolute Gasteiger partial charge is 0.270 e. The number of ether oxygens (including phenoxy) is 6. The number of halogens is 1. The number of benzene rings is 3. The van der Waals surface area contributed by atoms with Gasteiger partial charge >= 0.3 is 0 Å². The minimum atomic E-state index is -0.613. The summed E-state index contributed by atoms with van der Waals surface area (Å²) in [5, 5.41) is 9.96. The minimum absolute atomic E-state index is 0.0456. The van der Waals surface area contributed by atoms with Crippen LogP contribution in [-0.2, 0) is 0 Å². The first-order chi connectivity index (χ1) is 23.8. The Kier molecular flexibility index (Phi) is 10.9. The molecular weight excluding hydrogens is 657 g/mol. The summed E-state index contributed by atoms with van der Waals surface area (Å²) in [7, 11) is 7.38. The number of unbranched alkanes of at least 4 members (excludes halogenated alkanes) is 1. The van der Waals surface area contributed by atoms with Crippen LogP contribution in [0.2, 0.25) is 0 Å². The van der Waals surface area contributed by atoms with Gasteiger partial charge in [-0.1, -0.05) is 23.9 Å². The van der Waals surface area contributed by atoms with Crippen LogP contribution in [0.25, 0.3) is 33.6 Å². The highest BCUT2D eigenvalue weighted by Crippen LogP contribution is 2.44. The summed E-state index contributed by atoms with van der Waals surface area (Å²) in [6.07, 6.45) is 1.11. The van der Waals surface area contributed by atoms with E-state index in [2.05, 4.69) is 9.97 Å². The van der Waals surface area contributed by atoms with Crippen LogP contribution < -0.4 is 39.4 Å². The number of nitriles is 1. The molecule has 0 saturated heterocycles. The van der Waals surface area contributed by atoms with Crippen LogP contribution in [0.1, 0.15) is 18.4 Å². The normalized spacial score (nSPS) is 10.8. The first kappa shape index (κ1) is 34.6. The number of nitrogens with zero attached hydrogens (tertiary/aromatic N) is 2. The van der Waals surface area contributed by atoms with E-state index in [0.717, 1.165) is 0 Å². The fraction of sp³-hybridized carbons (Fsp3) is 0.257. The maximum atomic E-state index is 14.0. The van der Waals surface area contributed by atoms with Crippen molar-refractivity contribution in [3.05, 3.63) is 80.5 Å². The molecule has 0 atom stereocenters. The highest BCUT2D eigenvalue weighted by atomic mass is 32.2. The number of thioether (sulfide) groups is 1. The Morgan fingerprint density at radius 1 is 0.878 bits per heavy atom. The molecule has 2 aromatic heterocycles. The zero-order valence-electron chi connectivity index (χ0n) is 27.3. The third-order valence-electron chi connectivity index (χ3n) is 7.40. The van der Waals surface area contributed by atoms with Crippen LogP contribution in [-0.4, -0.2) is 57.9 Å². The van der Waals surface area contributed by atoms with Crippen molar-refractivity contribution < 1.29 is 37.2 Å². The summed E-state index contributed by atoms with van der Waals surface area (Å²) < 4.78 is 53.7. The molecule has 0 spiro atoms. The van der Waals surface area contributed by atoms with Crippen molar-refractivity contribution in [2.45, 2.75) is 18.0 Å². The number of hydrogen-bond acceptors (Lipinski definition) is 12. The monoisotopic (exact) mass is 689 g/mol. The predicted octanol–water partition coefficient (Wildman–Crippen LogP) is 6.22. The van der Waals surface area contributed by atoms with Crippen molar-refractivity contribution in [1.82, 2.24) is 9.97 Å². The molecule has 14 heteroatoms. The third-order valence-corrected chi connectivity index (χ3v) is 8.36. The van der Waals surface area contributed by atoms with Crippen molar-refractivity contribution in [1.29, 1.82) is 5.26 Å². The Hall–Kier alpha value is -5.68. The van der Waals surface area contributed by atoms with E-state index in [4.69, 9.17) is 32.8 Å². The summed E-state index contributed by atoms with van der Waals surface area (Å²) >= 11 is 1.26. The summed E-state index contributed by atoms with van der Waals surface area (Å²) in [5.74, 6) is 1.83. The zero-order chi connectivity index (χ0) is 35.1. The summed E-state index contributed by atoms with van der Waals surface area (Å²) in [5.41, 5.74) is -0.185. The van der Waals surface area contributed by atoms with Gasteiger partial charge < -0.3 is 37.8 Å². The molecule has 0 unspecified atom stereocenters. The van der Waals surface area contributed by atoms with Gasteiger partial charge in [0.1, 0.15) is 39.9 Å². The summed E-state index contributed by atoms with van der Waals surface area (Å²) in [6.45, 7) is 0.137. The maximum absolute atomic E-state index is 14.0. The maximum Gasteiger partial charge on any atom is 0.270 e. The van der Waals surface area contributed by atoms with Gasteiger partial charge in [-0.3, -0.25) is 9.59 Å². The summed E-state index contributed by atoms with van der Waals surface area (Å²) in [6, 6.07) is 13.9. The number of rotatable bonds is 14. The number of aromatic amines is 1. The quantitative estimate of drug-likeness (QED) is 0.0800. The second-order valence-electron chi connectivity index (χ2n) is 10.3. The molecule has 0 amide bonds. The van der Waals surface area contributed by atoms with Gasteiger partial charge in [-0.2, -0.15) is 5.26 Å². The first-order valence-electron chi connectivity index (χ1n) is 14.9. The second-order valence-corrected chi connectivity index (χ2v) is 11.4. The standard InChI is InChI=1S/C35H32FN3O9S/c1-42-22-16-24(43-2)28-25(17-22)48-31(20-14-26(44-3)32(46-5)27(15-20)45-4)33(30(28)40)47-11-6-7-12-49-35-38-29(23(18-37)34(41)39-35)19-9-8-10-21(36)13-19/h8-10,13-17H,6-7,11-12H2,1-5H3,(H,38,39,41). The zero-order valence-corrected chi connectivity index (χ0v) is 28.1. The molecule has 5 aromatic rings. The molecule has 3 aromatic carbocycles. The topological polar surface area (TPSA) is 155 Å². The lowest BCUT2D eigenvalue weighted by Gasteiger charge is -2.17. The summed E-state index contributed by atoms with van der Waals surface area (Å²) in [4.78, 5) is 33.6. The largest absolute Gasteiger partial charge is 0.496 e. The van der Waals surface area contributed by atoms with E-state index in [1.807, 2.05) is 6.07 Å². The van der Waals surface area contributed by atoms with Crippen molar-refractivity contribution in [3.63, 3.8) is 0 Å². The van der Waals surface area contributed by atoms with Crippen molar-refractivity contribution in [2.75, 3.05) is 47.9 Å². The molecular formula is C35H32FN3O9S. The van der Waals surface area contributed by atoms with E-state index in [0.29, 0.717) is 52.7 Å². The van der Waals surface area contributed by atoms with Crippen LogP contribution in [0.15, 0.2) is 67.7 Å². The number of nitrogens with one attached hydrogen (secondary N) is 1. The van der Waals surface area contributed by atoms with Gasteiger partial charge in [-0.25, -0.2) is 9.37 Å². The minimum Gasteiger partial charge on any atom is -0.496 e. The van der Waals surface area contributed by atoms with Gasteiger partial charge in [-0.15, -0.1) is 0 Å². The second kappa shape index (κ2) is 15.5. The van der Waals surface area contributed by atoms with Gasteiger partial charge in [-0.05, 0) is 37.1 Å². The molecule has 1 N–H and O–H groups in total. The van der Waals surface area contributed by atoms with Crippen LogP contribution >= 0.6 is 11.8 Å². The van der Waals surface area contributed by atoms with E-state index in [-0.39, 0.29) is 51.2 Å². The fourth-order valence-electron chi connectivity index (χ4n) is 5.07. The molecule has 0 saturated carbocycles. The molecule has 49 heavy (non-hydrogen) atoms. The molecule has 0 aliphatic heterocycles. The molecule has 0 fully saturated rings. The Balaban J connectivity index is 1.40. The lowest BCUT2D eigenvalue weighted by molar-refractivity contribution is 0.301. The molecule has 0 bridgehead atoms. The van der Waals surface area contributed by atoms with Crippen molar-refractivity contribution >= 4 is 22.7 Å². The Morgan fingerprint density at radius 2 is 1.61 bits per heavy atom. The van der Waals surface area contributed by atoms with Crippen LogP contribution in [0.4, 0.5) is 4.39 Å². The Bertz CT molecular complexity index is 2140. The van der Waals surface area contributed by atoms with Crippen LogP contribution in [0.5, 0.6) is 34.5 Å². The third kappa shape index (κ3) is 7.26. The van der Waals surface area contributed by atoms with Gasteiger partial charge in [0, 0.05) is 29.0 Å². The van der Waals surface area contributed by atoms with E-state index in [1.165, 1.54) is 65.5 Å². The molecule has 0 radical (unpaired) electrons. The molecule has 2 heterocycles. The fourth-order valence-corrected chi connectivity index (χ4v) is 5.93. The van der Waals surface area contributed by atoms with Gasteiger partial charge in [0.15, 0.2) is 22.4 Å². The average Bonchev–Trinajstić information content (AvgIpc) is 3.12. The highest BCUT2D eigenvalue weighted by Gasteiger charge is 2.24. The SMILES string of the molecule is COc1cc(OC)c2c(=O)c(OCCCCSc3nc(-c4cccc(F)c4)c(C#N)c(=O)[nH]3)c(-c3cc(OC)c(OC)c(OC)c3)oc2c1. The van der Waals surface area contributed by atoms with E-state index < -0.39 is 16.8 Å². The van der Waals surface area contributed by atoms with Gasteiger partial charge in [0.2, 0.25) is 16.9 Å². The number of aromatic nitrogens is 2. The number of hydrogen-bond donors (Lipinski definition) is 1. The molecule has 254 valence electrons. The van der Waals surface area contributed by atoms with E-state index in [9.17, 15) is 19.2 Å². The predicted molar refractivity (Wildman–Crippen MR) is 181 cm³/mol. The van der Waals surface area contributed by atoms with Crippen molar-refractivity contribution in [3.8, 4) is 63.1 Å². The van der Waals surface area contributed by atoms with E-state index >= 15 is 0 Å². The van der Waals surface area contributed by atoms with Gasteiger partial charge in [0.25, 0.3) is 5.56 Å². The molecule has 0 aliphatic carbocycles. The highest BCUT2D eigenvalue weighted by molar-refractivity contribution is 7.99. The molecule has 0 aliphatic rings. The Morgan fingerprint density at radius 3 is 2.24 bits per heavy atom. The van der Waals surface area contributed by atoms with Crippen LogP contribution in [0, 0.1) is 17.1 Å². The Labute approximate surface area is 284 Å². The number of H-pyrrole nitrogens is 1. The molecule has 5 rings (SSSR count). The number of methoxy groups -OCH3 is 5. The first-order valence-corrected chi connectivity index (χ1v) is 15.8. The lowest BCUT2D eigenvalue weighted by Crippen LogP contribution is -2.15. The molecule has 12 nitrogen and oxygen atoms in total. The van der Waals surface area contributed by atoms with Crippen LogP contribution in [0.3, 0.4) is 0 Å². The lowest BCUT2D eigenvalue weighted by atomic mass is 10.1. The van der Waals surface area contributed by atoms with Gasteiger partial charge in [0.05, 0.1) is 47.8 Å². The number of fused-ring (bicyclic) bond motifs is 1. The van der Waals surface area contributed by atoms with Crippen molar-refractivity contribution in [2.24, 2.45) is 0 Å².